The molecule has 0 saturated carbocycles. The molecule has 0 fully saturated rings. The third kappa shape index (κ3) is 3.06. The fourth-order valence-corrected chi connectivity index (χ4v) is 3.34. The number of amides is 1. The maximum absolute atomic E-state index is 12.0. The smallest absolute Gasteiger partial charge is 0.237 e. The van der Waals surface area contributed by atoms with Gasteiger partial charge in [-0.05, 0) is 24.5 Å². The first-order chi connectivity index (χ1) is 8.72. The second kappa shape index (κ2) is 6.25. The standard InChI is InChI=1S/C14H20N2OS/c1-2-5-11(15)14(17)16-12-8-9-18-13-7-4-3-6-10(12)13/h3-4,6-7,11-12H,2,5,8-9,15H2,1H3,(H,16,17)/t11-,12?/m1/s1. The lowest BCUT2D eigenvalue weighted by Gasteiger charge is -2.27. The molecular formula is C14H20N2OS. The molecule has 0 saturated heterocycles. The summed E-state index contributed by atoms with van der Waals surface area (Å²) in [7, 11) is 0. The van der Waals surface area contributed by atoms with E-state index in [-0.39, 0.29) is 18.0 Å². The van der Waals surface area contributed by atoms with Crippen LogP contribution < -0.4 is 11.1 Å². The number of nitrogens with two attached hydrogens (primary N) is 1. The van der Waals surface area contributed by atoms with Gasteiger partial charge in [0.2, 0.25) is 5.91 Å². The van der Waals surface area contributed by atoms with Crippen LogP contribution in [0, 0.1) is 0 Å². The van der Waals surface area contributed by atoms with Crippen molar-refractivity contribution >= 4 is 17.7 Å². The molecule has 2 rings (SSSR count). The van der Waals surface area contributed by atoms with Crippen molar-refractivity contribution in [2.75, 3.05) is 5.75 Å². The first kappa shape index (κ1) is 13.4. The highest BCUT2D eigenvalue weighted by Crippen LogP contribution is 2.35. The van der Waals surface area contributed by atoms with E-state index in [1.165, 1.54) is 10.5 Å². The molecule has 18 heavy (non-hydrogen) atoms. The van der Waals surface area contributed by atoms with Gasteiger partial charge in [0, 0.05) is 10.6 Å². The number of carbonyl (C=O) groups excluding carboxylic acids is 1. The summed E-state index contributed by atoms with van der Waals surface area (Å²) in [6.45, 7) is 2.04. The van der Waals surface area contributed by atoms with Crippen LogP contribution in [0.4, 0.5) is 0 Å². The van der Waals surface area contributed by atoms with Gasteiger partial charge < -0.3 is 11.1 Å². The zero-order valence-corrected chi connectivity index (χ0v) is 11.5. The van der Waals surface area contributed by atoms with Crippen molar-refractivity contribution in [2.24, 2.45) is 5.73 Å². The summed E-state index contributed by atoms with van der Waals surface area (Å²) in [6.07, 6.45) is 2.66. The van der Waals surface area contributed by atoms with E-state index in [0.717, 1.165) is 25.0 Å². The SMILES string of the molecule is CCC[C@@H](N)C(=O)NC1CCSc2ccccc21. The van der Waals surface area contributed by atoms with Crippen LogP contribution in [0.2, 0.25) is 0 Å². The van der Waals surface area contributed by atoms with Crippen molar-refractivity contribution in [3.05, 3.63) is 29.8 Å². The van der Waals surface area contributed by atoms with E-state index < -0.39 is 0 Å². The van der Waals surface area contributed by atoms with E-state index in [1.54, 1.807) is 0 Å². The first-order valence-corrected chi connectivity index (χ1v) is 7.48. The van der Waals surface area contributed by atoms with Gasteiger partial charge in [-0.3, -0.25) is 4.79 Å². The van der Waals surface area contributed by atoms with E-state index in [0.29, 0.717) is 0 Å². The van der Waals surface area contributed by atoms with E-state index >= 15 is 0 Å². The normalized spacial score (nSPS) is 20.0. The average molecular weight is 264 g/mol. The molecule has 0 aliphatic carbocycles. The Morgan fingerprint density at radius 1 is 1.56 bits per heavy atom. The van der Waals surface area contributed by atoms with Crippen LogP contribution in [0.3, 0.4) is 0 Å². The molecule has 1 aliphatic rings. The van der Waals surface area contributed by atoms with E-state index in [9.17, 15) is 4.79 Å². The Kier molecular flexibility index (Phi) is 4.66. The van der Waals surface area contributed by atoms with E-state index in [1.807, 2.05) is 30.8 Å². The molecule has 1 heterocycles. The Labute approximate surface area is 113 Å². The number of thioether (sulfide) groups is 1. The maximum Gasteiger partial charge on any atom is 0.237 e. The lowest BCUT2D eigenvalue weighted by molar-refractivity contribution is -0.123. The largest absolute Gasteiger partial charge is 0.348 e. The minimum atomic E-state index is -0.378. The molecule has 0 spiro atoms. The number of carbonyl (C=O) groups is 1. The third-order valence-corrected chi connectivity index (χ3v) is 4.33. The fourth-order valence-electron chi connectivity index (χ4n) is 2.21. The lowest BCUT2D eigenvalue weighted by atomic mass is 10.0. The van der Waals surface area contributed by atoms with Crippen molar-refractivity contribution in [1.29, 1.82) is 0 Å². The molecule has 0 bridgehead atoms. The van der Waals surface area contributed by atoms with Gasteiger partial charge in [0.1, 0.15) is 0 Å². The van der Waals surface area contributed by atoms with Gasteiger partial charge in [-0.25, -0.2) is 0 Å². The fraction of sp³-hybridized carbons (Fsp3) is 0.500. The van der Waals surface area contributed by atoms with Gasteiger partial charge in [0.15, 0.2) is 0 Å². The zero-order chi connectivity index (χ0) is 13.0. The zero-order valence-electron chi connectivity index (χ0n) is 10.7. The van der Waals surface area contributed by atoms with Crippen LogP contribution in [-0.2, 0) is 4.79 Å². The summed E-state index contributed by atoms with van der Waals surface area (Å²) in [5.41, 5.74) is 7.08. The molecule has 2 atom stereocenters. The second-order valence-corrected chi connectivity index (χ2v) is 5.77. The predicted octanol–water partition coefficient (Wildman–Crippen LogP) is 2.47. The number of benzene rings is 1. The van der Waals surface area contributed by atoms with Crippen LogP contribution in [0.1, 0.15) is 37.8 Å². The minimum Gasteiger partial charge on any atom is -0.348 e. The van der Waals surface area contributed by atoms with E-state index in [2.05, 4.69) is 17.4 Å². The molecule has 98 valence electrons. The van der Waals surface area contributed by atoms with Gasteiger partial charge >= 0.3 is 0 Å². The molecule has 1 amide bonds. The topological polar surface area (TPSA) is 55.1 Å². The summed E-state index contributed by atoms with van der Waals surface area (Å²) < 4.78 is 0. The van der Waals surface area contributed by atoms with Gasteiger partial charge in [-0.2, -0.15) is 0 Å². The van der Waals surface area contributed by atoms with Crippen LogP contribution in [0.15, 0.2) is 29.2 Å². The molecule has 0 radical (unpaired) electrons. The van der Waals surface area contributed by atoms with Crippen molar-refractivity contribution < 1.29 is 4.79 Å². The van der Waals surface area contributed by atoms with Crippen LogP contribution >= 0.6 is 11.8 Å². The second-order valence-electron chi connectivity index (χ2n) is 4.63. The van der Waals surface area contributed by atoms with Crippen LogP contribution in [0.5, 0.6) is 0 Å². The Morgan fingerprint density at radius 2 is 2.33 bits per heavy atom. The maximum atomic E-state index is 12.0. The summed E-state index contributed by atoms with van der Waals surface area (Å²) in [4.78, 5) is 13.2. The lowest BCUT2D eigenvalue weighted by Crippen LogP contribution is -2.42. The van der Waals surface area contributed by atoms with E-state index in [4.69, 9.17) is 5.73 Å². The minimum absolute atomic E-state index is 0.0245. The van der Waals surface area contributed by atoms with Crippen LogP contribution in [-0.4, -0.2) is 17.7 Å². The van der Waals surface area contributed by atoms with Crippen molar-refractivity contribution in [2.45, 2.75) is 43.2 Å². The Bertz CT molecular complexity index is 422. The number of rotatable bonds is 4. The highest BCUT2D eigenvalue weighted by atomic mass is 32.2. The highest BCUT2D eigenvalue weighted by Gasteiger charge is 2.23. The summed E-state index contributed by atoms with van der Waals surface area (Å²) in [6, 6.07) is 8.02. The van der Waals surface area contributed by atoms with Crippen molar-refractivity contribution in [3.63, 3.8) is 0 Å². The van der Waals surface area contributed by atoms with Gasteiger partial charge in [0.25, 0.3) is 0 Å². The van der Waals surface area contributed by atoms with Crippen LogP contribution in [0.25, 0.3) is 0 Å². The number of hydrogen-bond acceptors (Lipinski definition) is 3. The molecule has 1 aromatic carbocycles. The Hall–Kier alpha value is -1.00. The molecule has 0 aromatic heterocycles. The molecule has 1 aliphatic heterocycles. The molecule has 1 aromatic rings. The predicted molar refractivity (Wildman–Crippen MR) is 75.6 cm³/mol. The Morgan fingerprint density at radius 3 is 3.11 bits per heavy atom. The third-order valence-electron chi connectivity index (χ3n) is 3.21. The molecule has 3 N–H and O–H groups in total. The number of hydrogen-bond donors (Lipinski definition) is 2. The Balaban J connectivity index is 2.05. The van der Waals surface area contributed by atoms with Gasteiger partial charge in [-0.15, -0.1) is 11.8 Å². The van der Waals surface area contributed by atoms with Crippen molar-refractivity contribution in [3.8, 4) is 0 Å². The summed E-state index contributed by atoms with van der Waals surface area (Å²) in [5.74, 6) is 1.02. The highest BCUT2D eigenvalue weighted by molar-refractivity contribution is 7.99. The van der Waals surface area contributed by atoms with Gasteiger partial charge in [-0.1, -0.05) is 31.5 Å². The monoisotopic (exact) mass is 264 g/mol. The van der Waals surface area contributed by atoms with Gasteiger partial charge in [0.05, 0.1) is 12.1 Å². The molecule has 4 heteroatoms. The number of fused-ring (bicyclic) bond motifs is 1. The van der Waals surface area contributed by atoms with Crippen molar-refractivity contribution in [1.82, 2.24) is 5.32 Å². The summed E-state index contributed by atoms with van der Waals surface area (Å²) in [5, 5.41) is 3.08. The first-order valence-electron chi connectivity index (χ1n) is 6.50. The molecular weight excluding hydrogens is 244 g/mol. The average Bonchev–Trinajstić information content (AvgIpc) is 2.39. The summed E-state index contributed by atoms with van der Waals surface area (Å²) >= 11 is 1.86. The molecule has 1 unspecified atom stereocenters. The molecule has 3 nitrogen and oxygen atoms in total. The quantitative estimate of drug-likeness (QED) is 0.878. The number of nitrogens with one attached hydrogen (secondary N) is 1.